The zero-order valence-electron chi connectivity index (χ0n) is 23.7. The van der Waals surface area contributed by atoms with E-state index >= 15 is 0 Å². The van der Waals surface area contributed by atoms with Crippen molar-refractivity contribution in [3.8, 4) is 0 Å². The van der Waals surface area contributed by atoms with Gasteiger partial charge in [-0.3, -0.25) is 33.0 Å². The Morgan fingerprint density at radius 2 is 1.59 bits per heavy atom. The Morgan fingerprint density at radius 3 is 2.05 bits per heavy atom. The second-order valence-corrected chi connectivity index (χ2v) is 14.3. The first kappa shape index (κ1) is 30.7. The van der Waals surface area contributed by atoms with Crippen LogP contribution in [0.5, 0.6) is 0 Å². The highest BCUT2D eigenvalue weighted by molar-refractivity contribution is 7.53. The molecule has 15 heteroatoms. The molecule has 2 aromatic heterocycles. The Kier molecular flexibility index (Phi) is 8.39. The predicted molar refractivity (Wildman–Crippen MR) is 140 cm³/mol. The van der Waals surface area contributed by atoms with E-state index in [1.807, 2.05) is 13.8 Å². The summed E-state index contributed by atoms with van der Waals surface area (Å²) in [6.45, 7) is 12.8. The average Bonchev–Trinajstić information content (AvgIpc) is 3.10. The third-order valence-electron chi connectivity index (χ3n) is 6.36. The van der Waals surface area contributed by atoms with Gasteiger partial charge in [0.25, 0.3) is 5.56 Å². The summed E-state index contributed by atoms with van der Waals surface area (Å²) < 4.78 is 42.3. The number of esters is 2. The summed E-state index contributed by atoms with van der Waals surface area (Å²) in [5.74, 6) is -1.19. The van der Waals surface area contributed by atoms with Crippen LogP contribution in [-0.2, 0) is 44.0 Å². The van der Waals surface area contributed by atoms with E-state index in [1.165, 1.54) is 6.33 Å². The van der Waals surface area contributed by atoms with Crippen molar-refractivity contribution in [1.82, 2.24) is 19.5 Å². The molecule has 14 nitrogen and oxygen atoms in total. The van der Waals surface area contributed by atoms with Crippen molar-refractivity contribution in [2.45, 2.75) is 74.0 Å². The molecule has 1 fully saturated rings. The van der Waals surface area contributed by atoms with E-state index in [-0.39, 0.29) is 29.1 Å². The number of aromatic amines is 1. The maximum Gasteiger partial charge on any atom is 0.361 e. The van der Waals surface area contributed by atoms with Crippen LogP contribution in [0.4, 0.5) is 5.95 Å². The van der Waals surface area contributed by atoms with E-state index in [9.17, 15) is 18.9 Å². The minimum absolute atomic E-state index is 0.0554. The number of carbonyl (C=O) groups excluding carboxylic acids is 2. The summed E-state index contributed by atoms with van der Waals surface area (Å²) in [6, 6.07) is 0. The van der Waals surface area contributed by atoms with Gasteiger partial charge < -0.3 is 24.5 Å². The van der Waals surface area contributed by atoms with Gasteiger partial charge in [0.2, 0.25) is 19.5 Å². The highest BCUT2D eigenvalue weighted by atomic mass is 31.2. The number of nitrogens with zero attached hydrogens (tertiary/aromatic N) is 3. The lowest BCUT2D eigenvalue weighted by atomic mass is 9.98. The Labute approximate surface area is 226 Å². The first-order valence-corrected chi connectivity index (χ1v) is 14.1. The van der Waals surface area contributed by atoms with Crippen molar-refractivity contribution in [1.29, 1.82) is 0 Å². The zero-order valence-corrected chi connectivity index (χ0v) is 24.5. The molecule has 3 N–H and O–H groups in total. The van der Waals surface area contributed by atoms with E-state index in [0.29, 0.717) is 6.42 Å². The summed E-state index contributed by atoms with van der Waals surface area (Å²) in [5.41, 5.74) is 2.81. The van der Waals surface area contributed by atoms with Crippen molar-refractivity contribution in [2.24, 2.45) is 16.2 Å². The molecule has 0 amide bonds. The number of H-pyrrole nitrogens is 1. The van der Waals surface area contributed by atoms with Gasteiger partial charge in [0.05, 0.1) is 29.3 Å². The minimum atomic E-state index is -4.10. The van der Waals surface area contributed by atoms with Gasteiger partial charge in [-0.2, -0.15) is 4.98 Å². The van der Waals surface area contributed by atoms with Crippen LogP contribution in [0.15, 0.2) is 11.1 Å². The van der Waals surface area contributed by atoms with E-state index in [1.54, 1.807) is 46.1 Å². The number of nitrogens with one attached hydrogen (secondary N) is 1. The monoisotopic (exact) mass is 571 g/mol. The Morgan fingerprint density at radius 1 is 1.08 bits per heavy atom. The van der Waals surface area contributed by atoms with Gasteiger partial charge in [0.15, 0.2) is 11.2 Å². The zero-order chi connectivity index (χ0) is 29.4. The van der Waals surface area contributed by atoms with Crippen molar-refractivity contribution < 1.29 is 37.4 Å². The highest BCUT2D eigenvalue weighted by Gasteiger charge is 2.63. The Bertz CT molecular complexity index is 1300. The number of ether oxygens (including phenoxy) is 3. The molecule has 0 saturated heterocycles. The molecule has 3 rings (SSSR count). The van der Waals surface area contributed by atoms with Gasteiger partial charge in [0, 0.05) is 0 Å². The van der Waals surface area contributed by atoms with Crippen LogP contribution in [0.1, 0.15) is 61.8 Å². The average molecular weight is 572 g/mol. The molecule has 0 bridgehead atoms. The van der Waals surface area contributed by atoms with Gasteiger partial charge in [0.1, 0.15) is 6.35 Å². The van der Waals surface area contributed by atoms with Crippen LogP contribution < -0.4 is 11.3 Å². The van der Waals surface area contributed by atoms with E-state index in [4.69, 9.17) is 29.0 Å². The van der Waals surface area contributed by atoms with Crippen LogP contribution in [-0.4, -0.2) is 57.0 Å². The standard InChI is InChI=1S/C24H38N5O9P/c1-21(2,3)18(31)34-12-37-39(33,38-13-35-19(32)22(4,5)6)14-36-24(9-23(24,7)8)10-29-11-26-15-16(29)27-20(25)28-17(15)30/h11H,9-10,12-14H2,1-8H3,(H3,25,27,28,30). The summed E-state index contributed by atoms with van der Waals surface area (Å²) >= 11 is 0. The quantitative estimate of drug-likeness (QED) is 0.228. The molecular formula is C24H38N5O9P. The van der Waals surface area contributed by atoms with Crippen molar-refractivity contribution in [3.63, 3.8) is 0 Å². The fraction of sp³-hybridized carbons (Fsp3) is 0.708. The molecule has 218 valence electrons. The molecule has 0 radical (unpaired) electrons. The normalized spacial score (nSPS) is 19.2. The summed E-state index contributed by atoms with van der Waals surface area (Å²) in [7, 11) is -4.10. The largest absolute Gasteiger partial charge is 0.438 e. The number of hydrogen-bond donors (Lipinski definition) is 2. The van der Waals surface area contributed by atoms with Crippen LogP contribution >= 0.6 is 7.60 Å². The van der Waals surface area contributed by atoms with Crippen LogP contribution in [0.3, 0.4) is 0 Å². The number of anilines is 1. The van der Waals surface area contributed by atoms with Gasteiger partial charge >= 0.3 is 19.5 Å². The Hall–Kier alpha value is -2.80. The summed E-state index contributed by atoms with van der Waals surface area (Å²) in [6.07, 6.45) is 1.49. The third-order valence-corrected chi connectivity index (χ3v) is 7.80. The molecule has 1 saturated carbocycles. The number of nitrogens with two attached hydrogens (primary N) is 1. The van der Waals surface area contributed by atoms with Gasteiger partial charge in [-0.15, -0.1) is 0 Å². The minimum Gasteiger partial charge on any atom is -0.438 e. The van der Waals surface area contributed by atoms with E-state index in [2.05, 4.69) is 15.0 Å². The molecule has 0 spiro atoms. The molecule has 39 heavy (non-hydrogen) atoms. The fourth-order valence-corrected chi connectivity index (χ4v) is 4.72. The van der Waals surface area contributed by atoms with Crippen LogP contribution in [0.25, 0.3) is 11.2 Å². The topological polar surface area (TPSA) is 187 Å². The number of imidazole rings is 1. The van der Waals surface area contributed by atoms with Crippen molar-refractivity contribution >= 4 is 36.6 Å². The lowest BCUT2D eigenvalue weighted by Crippen LogP contribution is -2.29. The van der Waals surface area contributed by atoms with Gasteiger partial charge in [-0.1, -0.05) is 13.8 Å². The molecule has 1 aliphatic rings. The van der Waals surface area contributed by atoms with E-state index < -0.39 is 61.5 Å². The molecular weight excluding hydrogens is 533 g/mol. The Balaban J connectivity index is 1.76. The molecule has 0 aliphatic heterocycles. The predicted octanol–water partition coefficient (Wildman–Crippen LogP) is 3.16. The number of rotatable bonds is 11. The lowest BCUT2D eigenvalue weighted by molar-refractivity contribution is -0.162. The molecule has 1 aliphatic carbocycles. The van der Waals surface area contributed by atoms with Gasteiger partial charge in [-0.25, -0.2) is 4.98 Å². The second kappa shape index (κ2) is 10.6. The summed E-state index contributed by atoms with van der Waals surface area (Å²) in [4.78, 5) is 47.1. The smallest absolute Gasteiger partial charge is 0.361 e. The van der Waals surface area contributed by atoms with Crippen LogP contribution in [0, 0.1) is 16.2 Å². The lowest BCUT2D eigenvalue weighted by Gasteiger charge is -2.26. The third kappa shape index (κ3) is 7.24. The molecule has 1 atom stereocenters. The van der Waals surface area contributed by atoms with Crippen molar-refractivity contribution in [3.05, 3.63) is 16.7 Å². The van der Waals surface area contributed by atoms with Crippen LogP contribution in [0.2, 0.25) is 0 Å². The molecule has 2 heterocycles. The molecule has 1 unspecified atom stereocenters. The number of hydrogen-bond acceptors (Lipinski definition) is 12. The second-order valence-electron chi connectivity index (χ2n) is 12.3. The van der Waals surface area contributed by atoms with E-state index in [0.717, 1.165) is 0 Å². The van der Waals surface area contributed by atoms with Crippen molar-refractivity contribution in [2.75, 3.05) is 25.7 Å². The number of aromatic nitrogens is 4. The SMILES string of the molecule is CC(C)(C)C(=O)OCOP(=O)(COC1(Cn2cnc3c(=O)[nH]c(N)nc32)CC1(C)C)OCOC(=O)C(C)(C)C. The number of nitrogen functional groups attached to an aromatic ring is 1. The summed E-state index contributed by atoms with van der Waals surface area (Å²) in [5, 5.41) is 0. The number of carbonyl (C=O) groups is 2. The maximum absolute atomic E-state index is 13.6. The number of fused-ring (bicyclic) bond motifs is 1. The molecule has 2 aromatic rings. The highest BCUT2D eigenvalue weighted by Crippen LogP contribution is 2.61. The maximum atomic E-state index is 13.6. The first-order valence-electron chi connectivity index (χ1n) is 12.4. The fourth-order valence-electron chi connectivity index (χ4n) is 3.66. The first-order chi connectivity index (χ1) is 17.8. The molecule has 0 aromatic carbocycles. The van der Waals surface area contributed by atoms with Gasteiger partial charge in [-0.05, 0) is 53.4 Å².